The van der Waals surface area contributed by atoms with Gasteiger partial charge >= 0.3 is 12.0 Å². The van der Waals surface area contributed by atoms with Crippen LogP contribution in [-0.4, -0.2) is 52.9 Å². The zero-order chi connectivity index (χ0) is 15.5. The van der Waals surface area contributed by atoms with Gasteiger partial charge < -0.3 is 20.4 Å². The standard InChI is InChI=1S/C14H28N2O4/c1-4-12(5-2)16(9-10-17)14(20)15-8-6-7-11(3)13(18)19/h11-12,17H,4-10H2,1-3H3,(H,15,20)(H,18,19). The summed E-state index contributed by atoms with van der Waals surface area (Å²) in [7, 11) is 0. The van der Waals surface area contributed by atoms with Gasteiger partial charge in [0, 0.05) is 19.1 Å². The van der Waals surface area contributed by atoms with Crippen LogP contribution in [0.1, 0.15) is 46.5 Å². The van der Waals surface area contributed by atoms with Crippen molar-refractivity contribution in [1.29, 1.82) is 0 Å². The lowest BCUT2D eigenvalue weighted by Crippen LogP contribution is -2.47. The second-order valence-electron chi connectivity index (χ2n) is 5.00. The third-order valence-corrected chi connectivity index (χ3v) is 3.50. The number of carboxylic acid groups (broad SMARTS) is 1. The summed E-state index contributed by atoms with van der Waals surface area (Å²) in [6.45, 7) is 6.41. The number of carbonyl (C=O) groups is 2. The molecule has 2 amide bonds. The first-order valence-electron chi connectivity index (χ1n) is 7.35. The van der Waals surface area contributed by atoms with Crippen molar-refractivity contribution in [1.82, 2.24) is 10.2 Å². The lowest BCUT2D eigenvalue weighted by Gasteiger charge is -2.30. The van der Waals surface area contributed by atoms with E-state index in [9.17, 15) is 9.59 Å². The topological polar surface area (TPSA) is 89.9 Å². The Labute approximate surface area is 121 Å². The van der Waals surface area contributed by atoms with Crippen molar-refractivity contribution in [2.75, 3.05) is 19.7 Å². The van der Waals surface area contributed by atoms with Gasteiger partial charge in [0.2, 0.25) is 0 Å². The number of carboxylic acids is 1. The molecule has 0 saturated heterocycles. The Morgan fingerprint density at radius 1 is 1.25 bits per heavy atom. The molecule has 0 spiro atoms. The van der Waals surface area contributed by atoms with Gasteiger partial charge in [-0.3, -0.25) is 4.79 Å². The van der Waals surface area contributed by atoms with Gasteiger partial charge in [0.25, 0.3) is 0 Å². The van der Waals surface area contributed by atoms with Crippen LogP contribution < -0.4 is 5.32 Å². The van der Waals surface area contributed by atoms with E-state index in [-0.39, 0.29) is 24.6 Å². The first-order chi connectivity index (χ1) is 9.47. The van der Waals surface area contributed by atoms with Crippen LogP contribution in [0, 0.1) is 5.92 Å². The molecule has 118 valence electrons. The molecule has 6 nitrogen and oxygen atoms in total. The van der Waals surface area contributed by atoms with Gasteiger partial charge in [-0.05, 0) is 25.7 Å². The molecule has 3 N–H and O–H groups in total. The number of hydrogen-bond donors (Lipinski definition) is 3. The number of aliphatic hydroxyl groups excluding tert-OH is 1. The SMILES string of the molecule is CCC(CC)N(CCO)C(=O)NCCCC(C)C(=O)O. The number of amides is 2. The van der Waals surface area contributed by atoms with Crippen LogP contribution in [0.2, 0.25) is 0 Å². The van der Waals surface area contributed by atoms with Crippen molar-refractivity contribution in [2.24, 2.45) is 5.92 Å². The first-order valence-corrected chi connectivity index (χ1v) is 7.35. The molecule has 0 aromatic heterocycles. The van der Waals surface area contributed by atoms with E-state index in [0.29, 0.717) is 25.9 Å². The molecule has 1 unspecified atom stereocenters. The van der Waals surface area contributed by atoms with Crippen LogP contribution in [0.5, 0.6) is 0 Å². The minimum atomic E-state index is -0.810. The Balaban J connectivity index is 4.17. The largest absolute Gasteiger partial charge is 0.481 e. The zero-order valence-electron chi connectivity index (χ0n) is 12.8. The van der Waals surface area contributed by atoms with Crippen molar-refractivity contribution < 1.29 is 19.8 Å². The second-order valence-corrected chi connectivity index (χ2v) is 5.00. The van der Waals surface area contributed by atoms with Gasteiger partial charge in [-0.25, -0.2) is 4.79 Å². The van der Waals surface area contributed by atoms with Crippen molar-refractivity contribution in [3.8, 4) is 0 Å². The number of nitrogens with one attached hydrogen (secondary N) is 1. The van der Waals surface area contributed by atoms with Crippen molar-refractivity contribution in [3.63, 3.8) is 0 Å². The molecule has 0 aliphatic rings. The maximum atomic E-state index is 12.1. The van der Waals surface area contributed by atoms with E-state index >= 15 is 0 Å². The number of aliphatic hydroxyl groups is 1. The summed E-state index contributed by atoms with van der Waals surface area (Å²) in [4.78, 5) is 24.4. The molecule has 0 fully saturated rings. The summed E-state index contributed by atoms with van der Waals surface area (Å²) in [5.74, 6) is -1.20. The van der Waals surface area contributed by atoms with Gasteiger partial charge in [-0.15, -0.1) is 0 Å². The maximum absolute atomic E-state index is 12.1. The molecular formula is C14H28N2O4. The third kappa shape index (κ3) is 6.75. The summed E-state index contributed by atoms with van der Waals surface area (Å²) in [6, 6.07) is -0.0594. The Hall–Kier alpha value is -1.30. The smallest absolute Gasteiger partial charge is 0.317 e. The summed E-state index contributed by atoms with van der Waals surface area (Å²) in [5, 5.41) is 20.6. The fraction of sp³-hybridized carbons (Fsp3) is 0.857. The molecule has 0 aliphatic heterocycles. The van der Waals surface area contributed by atoms with E-state index in [4.69, 9.17) is 10.2 Å². The van der Waals surface area contributed by atoms with Gasteiger partial charge in [0.05, 0.1) is 12.5 Å². The fourth-order valence-electron chi connectivity index (χ4n) is 2.12. The zero-order valence-corrected chi connectivity index (χ0v) is 12.8. The number of carbonyl (C=O) groups excluding carboxylic acids is 1. The summed E-state index contributed by atoms with van der Waals surface area (Å²) in [6.07, 6.45) is 2.87. The quantitative estimate of drug-likeness (QED) is 0.533. The van der Waals surface area contributed by atoms with Crippen LogP contribution in [0.15, 0.2) is 0 Å². The predicted molar refractivity (Wildman–Crippen MR) is 77.6 cm³/mol. The lowest BCUT2D eigenvalue weighted by molar-refractivity contribution is -0.141. The van der Waals surface area contributed by atoms with E-state index in [1.807, 2.05) is 13.8 Å². The highest BCUT2D eigenvalue weighted by Crippen LogP contribution is 2.09. The molecule has 0 radical (unpaired) electrons. The fourth-order valence-corrected chi connectivity index (χ4v) is 2.12. The molecule has 0 aromatic rings. The van der Waals surface area contributed by atoms with Crippen LogP contribution in [0.3, 0.4) is 0 Å². The van der Waals surface area contributed by atoms with Crippen molar-refractivity contribution in [3.05, 3.63) is 0 Å². The number of urea groups is 1. The highest BCUT2D eigenvalue weighted by Gasteiger charge is 2.20. The maximum Gasteiger partial charge on any atom is 0.317 e. The lowest BCUT2D eigenvalue weighted by atomic mass is 10.1. The molecule has 0 rings (SSSR count). The minimum absolute atomic E-state index is 0.0556. The van der Waals surface area contributed by atoms with E-state index in [2.05, 4.69) is 5.32 Å². The average Bonchev–Trinajstić information content (AvgIpc) is 2.43. The van der Waals surface area contributed by atoms with Crippen LogP contribution in [-0.2, 0) is 4.79 Å². The van der Waals surface area contributed by atoms with E-state index in [1.165, 1.54) is 0 Å². The van der Waals surface area contributed by atoms with E-state index < -0.39 is 5.97 Å². The van der Waals surface area contributed by atoms with Gasteiger partial charge in [-0.1, -0.05) is 20.8 Å². The third-order valence-electron chi connectivity index (χ3n) is 3.50. The van der Waals surface area contributed by atoms with Gasteiger partial charge in [0.1, 0.15) is 0 Å². The van der Waals surface area contributed by atoms with E-state index in [1.54, 1.807) is 11.8 Å². The molecular weight excluding hydrogens is 260 g/mol. The Bertz CT molecular complexity index is 293. The van der Waals surface area contributed by atoms with Crippen LogP contribution in [0.25, 0.3) is 0 Å². The van der Waals surface area contributed by atoms with E-state index in [0.717, 1.165) is 12.8 Å². The summed E-state index contributed by atoms with van der Waals surface area (Å²) >= 11 is 0. The highest BCUT2D eigenvalue weighted by atomic mass is 16.4. The van der Waals surface area contributed by atoms with Crippen LogP contribution >= 0.6 is 0 Å². The molecule has 0 bridgehead atoms. The summed E-state index contributed by atoms with van der Waals surface area (Å²) < 4.78 is 0. The van der Waals surface area contributed by atoms with Crippen molar-refractivity contribution in [2.45, 2.75) is 52.5 Å². The molecule has 0 aromatic carbocycles. The van der Waals surface area contributed by atoms with Gasteiger partial charge in [0.15, 0.2) is 0 Å². The Kier molecular flexibility index (Phi) is 9.80. The molecule has 0 heterocycles. The molecule has 0 saturated carbocycles. The van der Waals surface area contributed by atoms with Crippen LogP contribution in [0.4, 0.5) is 4.79 Å². The predicted octanol–water partition coefficient (Wildman–Crippen LogP) is 1.68. The highest BCUT2D eigenvalue weighted by molar-refractivity contribution is 5.74. The number of hydrogen-bond acceptors (Lipinski definition) is 3. The second kappa shape index (κ2) is 10.5. The normalized spacial score (nSPS) is 12.2. The summed E-state index contributed by atoms with van der Waals surface area (Å²) in [5.41, 5.74) is 0. The molecule has 0 aliphatic carbocycles. The Morgan fingerprint density at radius 2 is 1.85 bits per heavy atom. The van der Waals surface area contributed by atoms with Gasteiger partial charge in [-0.2, -0.15) is 0 Å². The molecule has 20 heavy (non-hydrogen) atoms. The number of rotatable bonds is 10. The minimum Gasteiger partial charge on any atom is -0.481 e. The number of aliphatic carboxylic acids is 1. The first kappa shape index (κ1) is 18.7. The van der Waals surface area contributed by atoms with Crippen molar-refractivity contribution >= 4 is 12.0 Å². The molecule has 1 atom stereocenters. The Morgan fingerprint density at radius 3 is 2.30 bits per heavy atom. The average molecular weight is 288 g/mol. The molecule has 6 heteroatoms. The monoisotopic (exact) mass is 288 g/mol. The number of nitrogens with zero attached hydrogens (tertiary/aromatic N) is 1.